The van der Waals surface area contributed by atoms with E-state index in [-0.39, 0.29) is 17.4 Å². The average molecular weight is 404 g/mol. The summed E-state index contributed by atoms with van der Waals surface area (Å²) in [6, 6.07) is 11.3. The van der Waals surface area contributed by atoms with Crippen molar-refractivity contribution >= 4 is 10.0 Å². The van der Waals surface area contributed by atoms with E-state index in [9.17, 15) is 8.42 Å². The minimum atomic E-state index is -3.66. The number of benzene rings is 2. The van der Waals surface area contributed by atoms with Gasteiger partial charge < -0.3 is 4.74 Å². The molecule has 0 saturated carbocycles. The van der Waals surface area contributed by atoms with Crippen LogP contribution in [0.25, 0.3) is 0 Å². The molecule has 0 aromatic heterocycles. The smallest absolute Gasteiger partial charge is 0.241 e. The Bertz CT molecular complexity index is 924. The lowest BCUT2D eigenvalue weighted by atomic mass is 9.86. The van der Waals surface area contributed by atoms with E-state index in [4.69, 9.17) is 4.74 Å². The van der Waals surface area contributed by atoms with Gasteiger partial charge in [-0.2, -0.15) is 0 Å². The van der Waals surface area contributed by atoms with E-state index in [1.165, 1.54) is 5.56 Å². The summed E-state index contributed by atoms with van der Waals surface area (Å²) in [4.78, 5) is 0.301. The molecule has 2 aromatic carbocycles. The molecule has 0 bridgehead atoms. The maximum Gasteiger partial charge on any atom is 0.241 e. The Morgan fingerprint density at radius 1 is 1.00 bits per heavy atom. The molecule has 1 N–H and O–H groups in total. The Hall–Kier alpha value is -1.85. The zero-order valence-corrected chi connectivity index (χ0v) is 19.1. The van der Waals surface area contributed by atoms with Crippen LogP contribution in [0.3, 0.4) is 0 Å². The van der Waals surface area contributed by atoms with E-state index in [2.05, 4.69) is 37.6 Å². The number of hydrogen-bond acceptors (Lipinski definition) is 3. The summed E-state index contributed by atoms with van der Waals surface area (Å²) in [5.74, 6) is 0.879. The second-order valence-corrected chi connectivity index (χ2v) is 10.4. The Morgan fingerprint density at radius 2 is 1.57 bits per heavy atom. The van der Waals surface area contributed by atoms with Crippen LogP contribution in [0.5, 0.6) is 5.75 Å². The van der Waals surface area contributed by atoms with Crippen molar-refractivity contribution in [2.75, 3.05) is 7.11 Å². The summed E-state index contributed by atoms with van der Waals surface area (Å²) in [5.41, 5.74) is 3.78. The highest BCUT2D eigenvalue weighted by Gasteiger charge is 2.23. The fraction of sp³-hybridized carbons (Fsp3) is 0.478. The van der Waals surface area contributed by atoms with Crippen molar-refractivity contribution in [1.82, 2.24) is 4.72 Å². The van der Waals surface area contributed by atoms with Gasteiger partial charge in [-0.05, 0) is 59.6 Å². The molecular formula is C23H33NO3S. The van der Waals surface area contributed by atoms with Gasteiger partial charge in [0.25, 0.3) is 0 Å². The van der Waals surface area contributed by atoms with Crippen molar-refractivity contribution in [1.29, 1.82) is 0 Å². The topological polar surface area (TPSA) is 55.4 Å². The minimum Gasteiger partial charge on any atom is -0.496 e. The summed E-state index contributed by atoms with van der Waals surface area (Å²) in [7, 11) is -2.06. The highest BCUT2D eigenvalue weighted by atomic mass is 32.2. The molecule has 154 valence electrons. The molecule has 0 heterocycles. The molecule has 0 saturated heterocycles. The summed E-state index contributed by atoms with van der Waals surface area (Å²) in [6.07, 6.45) is 0. The predicted octanol–water partition coefficient (Wildman–Crippen LogP) is 5.46. The van der Waals surface area contributed by atoms with Crippen molar-refractivity contribution in [2.45, 2.75) is 70.7 Å². The Kier molecular flexibility index (Phi) is 6.62. The van der Waals surface area contributed by atoms with Crippen LogP contribution >= 0.6 is 0 Å². The van der Waals surface area contributed by atoms with Gasteiger partial charge in [-0.1, -0.05) is 58.9 Å². The van der Waals surface area contributed by atoms with Crippen LogP contribution in [-0.2, 0) is 15.4 Å². The number of nitrogens with one attached hydrogen (secondary N) is 1. The maximum atomic E-state index is 13.1. The Balaban J connectivity index is 2.34. The van der Waals surface area contributed by atoms with Gasteiger partial charge in [-0.3, -0.25) is 0 Å². The zero-order chi connectivity index (χ0) is 21.3. The third kappa shape index (κ3) is 4.95. The average Bonchev–Trinajstić information content (AvgIpc) is 2.59. The zero-order valence-electron chi connectivity index (χ0n) is 18.3. The molecule has 0 amide bonds. The second kappa shape index (κ2) is 8.26. The second-order valence-electron chi connectivity index (χ2n) is 8.73. The van der Waals surface area contributed by atoms with E-state index < -0.39 is 10.0 Å². The van der Waals surface area contributed by atoms with Crippen LogP contribution in [0.1, 0.15) is 75.8 Å². The van der Waals surface area contributed by atoms with E-state index in [0.717, 1.165) is 16.9 Å². The van der Waals surface area contributed by atoms with Crippen molar-refractivity contribution in [3.05, 3.63) is 58.7 Å². The monoisotopic (exact) mass is 403 g/mol. The lowest BCUT2D eigenvalue weighted by Crippen LogP contribution is -2.27. The highest BCUT2D eigenvalue weighted by molar-refractivity contribution is 7.89. The number of methoxy groups -OCH3 is 1. The van der Waals surface area contributed by atoms with Crippen molar-refractivity contribution in [3.63, 3.8) is 0 Å². The lowest BCUT2D eigenvalue weighted by Gasteiger charge is -2.21. The molecule has 4 nitrogen and oxygen atoms in total. The van der Waals surface area contributed by atoms with Gasteiger partial charge in [-0.25, -0.2) is 13.1 Å². The van der Waals surface area contributed by atoms with Gasteiger partial charge in [0.1, 0.15) is 5.75 Å². The number of aryl methyl sites for hydroxylation is 1. The van der Waals surface area contributed by atoms with Crippen LogP contribution in [-0.4, -0.2) is 15.5 Å². The quantitative estimate of drug-likeness (QED) is 0.696. The standard InChI is InChI=1S/C23H33NO3S/c1-15(2)20-14-22(16(3)13-21(20)27-8)28(25,26)24-17(4)18-9-11-19(12-10-18)23(5,6)7/h9-15,17,24H,1-8H3/t17-/m1/s1. The summed E-state index contributed by atoms with van der Waals surface area (Å²) < 4.78 is 34.4. The van der Waals surface area contributed by atoms with Crippen LogP contribution in [0.4, 0.5) is 0 Å². The predicted molar refractivity (Wildman–Crippen MR) is 116 cm³/mol. The van der Waals surface area contributed by atoms with Crippen LogP contribution < -0.4 is 9.46 Å². The van der Waals surface area contributed by atoms with E-state index in [0.29, 0.717) is 10.5 Å². The first-order chi connectivity index (χ1) is 12.9. The number of ether oxygens (including phenoxy) is 1. The molecule has 2 rings (SSSR count). The first-order valence-electron chi connectivity index (χ1n) is 9.68. The molecule has 1 atom stereocenters. The molecule has 2 aromatic rings. The van der Waals surface area contributed by atoms with Crippen molar-refractivity contribution in [3.8, 4) is 5.75 Å². The molecule has 0 aliphatic carbocycles. The third-order valence-corrected chi connectivity index (χ3v) is 6.73. The molecular weight excluding hydrogens is 370 g/mol. The maximum absolute atomic E-state index is 13.1. The van der Waals surface area contributed by atoms with Gasteiger partial charge in [0, 0.05) is 6.04 Å². The van der Waals surface area contributed by atoms with Crippen LogP contribution in [0.2, 0.25) is 0 Å². The SMILES string of the molecule is COc1cc(C)c(S(=O)(=O)N[C@H](C)c2ccc(C(C)(C)C)cc2)cc1C(C)C. The van der Waals surface area contributed by atoms with E-state index in [1.807, 2.05) is 32.9 Å². The van der Waals surface area contributed by atoms with Crippen molar-refractivity contribution < 1.29 is 13.2 Å². The molecule has 0 spiro atoms. The summed E-state index contributed by atoms with van der Waals surface area (Å²) in [5, 5.41) is 0. The summed E-state index contributed by atoms with van der Waals surface area (Å²) in [6.45, 7) is 14.2. The number of sulfonamides is 1. The largest absolute Gasteiger partial charge is 0.496 e. The fourth-order valence-electron chi connectivity index (χ4n) is 3.23. The third-order valence-electron chi connectivity index (χ3n) is 5.05. The molecule has 0 unspecified atom stereocenters. The normalized spacial score (nSPS) is 13.6. The number of hydrogen-bond donors (Lipinski definition) is 1. The van der Waals surface area contributed by atoms with Gasteiger partial charge in [0.05, 0.1) is 12.0 Å². The Labute approximate surface area is 170 Å². The first kappa shape index (κ1) is 22.4. The number of rotatable bonds is 6. The lowest BCUT2D eigenvalue weighted by molar-refractivity contribution is 0.406. The Morgan fingerprint density at radius 3 is 2.04 bits per heavy atom. The molecule has 28 heavy (non-hydrogen) atoms. The highest BCUT2D eigenvalue weighted by Crippen LogP contribution is 2.32. The van der Waals surface area contributed by atoms with Gasteiger partial charge in [0.2, 0.25) is 10.0 Å². The van der Waals surface area contributed by atoms with Gasteiger partial charge in [-0.15, -0.1) is 0 Å². The first-order valence-corrected chi connectivity index (χ1v) is 11.2. The minimum absolute atomic E-state index is 0.0642. The molecule has 0 radical (unpaired) electrons. The van der Waals surface area contributed by atoms with Crippen LogP contribution in [0, 0.1) is 6.92 Å². The van der Waals surface area contributed by atoms with Gasteiger partial charge >= 0.3 is 0 Å². The molecule has 5 heteroatoms. The molecule has 0 fully saturated rings. The fourth-order valence-corrected chi connectivity index (χ4v) is 4.72. The van der Waals surface area contributed by atoms with E-state index in [1.54, 1.807) is 26.2 Å². The van der Waals surface area contributed by atoms with Crippen LogP contribution in [0.15, 0.2) is 41.3 Å². The van der Waals surface area contributed by atoms with Gasteiger partial charge in [0.15, 0.2) is 0 Å². The van der Waals surface area contributed by atoms with E-state index >= 15 is 0 Å². The molecule has 0 aliphatic heterocycles. The van der Waals surface area contributed by atoms with Crippen molar-refractivity contribution in [2.24, 2.45) is 0 Å². The summed E-state index contributed by atoms with van der Waals surface area (Å²) >= 11 is 0. The molecule has 0 aliphatic rings.